The zero-order chi connectivity index (χ0) is 30.6. The molecule has 0 saturated heterocycles. The molecule has 6 rings (SSSR count). The molecule has 0 spiro atoms. The maximum absolute atomic E-state index is 13.8. The third-order valence-corrected chi connectivity index (χ3v) is 8.03. The lowest BCUT2D eigenvalue weighted by Gasteiger charge is -2.20. The van der Waals surface area contributed by atoms with Crippen LogP contribution in [0.2, 0.25) is 5.02 Å². The van der Waals surface area contributed by atoms with E-state index in [0.29, 0.717) is 30.3 Å². The first-order valence-electron chi connectivity index (χ1n) is 14.3. The molecule has 1 amide bonds. The summed E-state index contributed by atoms with van der Waals surface area (Å²) in [6.45, 7) is 3.07. The number of carbonyl (C=O) groups is 2. The van der Waals surface area contributed by atoms with Gasteiger partial charge in [-0.15, -0.1) is 0 Å². The fourth-order valence-electron chi connectivity index (χ4n) is 5.43. The van der Waals surface area contributed by atoms with Gasteiger partial charge in [0.2, 0.25) is 5.91 Å². The molecule has 1 atom stereocenters. The van der Waals surface area contributed by atoms with Crippen molar-refractivity contribution in [2.24, 2.45) is 0 Å². The summed E-state index contributed by atoms with van der Waals surface area (Å²) in [7, 11) is 0. The second-order valence-electron chi connectivity index (χ2n) is 10.8. The summed E-state index contributed by atoms with van der Waals surface area (Å²) in [5.74, 6) is -0.207. The Bertz CT molecular complexity index is 1820. The Balaban J connectivity index is 1.25. The van der Waals surface area contributed by atoms with Crippen LogP contribution < -0.4 is 14.8 Å². The van der Waals surface area contributed by atoms with Crippen molar-refractivity contribution < 1.29 is 24.2 Å². The second kappa shape index (κ2) is 12.7. The van der Waals surface area contributed by atoms with Crippen LogP contribution in [0.1, 0.15) is 33.0 Å². The highest BCUT2D eigenvalue weighted by Gasteiger charge is 2.22. The number of nitrogens with one attached hydrogen (secondary N) is 1. The Morgan fingerprint density at radius 3 is 2.11 bits per heavy atom. The van der Waals surface area contributed by atoms with E-state index in [1.54, 1.807) is 24.3 Å². The quantitative estimate of drug-likeness (QED) is 0.186. The molecule has 5 aromatic rings. The van der Waals surface area contributed by atoms with E-state index >= 15 is 0 Å². The molecule has 1 heterocycles. The number of carboxylic acids is 1. The molecule has 2 N–H and O–H groups in total. The van der Waals surface area contributed by atoms with Crippen molar-refractivity contribution in [1.82, 2.24) is 0 Å². The molecule has 0 unspecified atom stereocenters. The highest BCUT2D eigenvalue weighted by Crippen LogP contribution is 2.35. The number of hydrogen-bond acceptors (Lipinski definition) is 4. The number of fused-ring (bicyclic) bond motifs is 1. The molecule has 0 aliphatic carbocycles. The maximum atomic E-state index is 13.8. The van der Waals surface area contributed by atoms with Crippen molar-refractivity contribution in [3.8, 4) is 33.8 Å². The van der Waals surface area contributed by atoms with Gasteiger partial charge in [0.05, 0.1) is 11.5 Å². The topological polar surface area (TPSA) is 84.9 Å². The first-order valence-corrected chi connectivity index (χ1v) is 14.7. The van der Waals surface area contributed by atoms with Crippen molar-refractivity contribution in [1.29, 1.82) is 0 Å². The van der Waals surface area contributed by atoms with E-state index < -0.39 is 11.9 Å². The van der Waals surface area contributed by atoms with Gasteiger partial charge < -0.3 is 19.9 Å². The van der Waals surface area contributed by atoms with E-state index in [1.165, 1.54) is 0 Å². The van der Waals surface area contributed by atoms with E-state index in [9.17, 15) is 14.7 Å². The average Bonchev–Trinajstić information content (AvgIpc) is 3.04. The summed E-state index contributed by atoms with van der Waals surface area (Å²) in [5.41, 5.74) is 7.75. The largest absolute Gasteiger partial charge is 0.486 e. The zero-order valence-corrected chi connectivity index (χ0v) is 24.8. The van der Waals surface area contributed by atoms with Gasteiger partial charge in [-0.2, -0.15) is 0 Å². The Morgan fingerprint density at radius 2 is 1.43 bits per heavy atom. The first kappa shape index (κ1) is 29.0. The molecule has 0 saturated carbocycles. The van der Waals surface area contributed by atoms with Crippen LogP contribution in [0.15, 0.2) is 109 Å². The monoisotopic (exact) mass is 603 g/mol. The molecule has 1 aliphatic heterocycles. The normalized spacial score (nSPS) is 12.8. The summed E-state index contributed by atoms with van der Waals surface area (Å²) in [5, 5.41) is 13.1. The Hall–Kier alpha value is -5.07. The van der Waals surface area contributed by atoms with Crippen LogP contribution in [0, 0.1) is 6.92 Å². The molecule has 7 heteroatoms. The van der Waals surface area contributed by atoms with Crippen molar-refractivity contribution in [3.63, 3.8) is 0 Å². The summed E-state index contributed by atoms with van der Waals surface area (Å²) >= 11 is 6.13. The van der Waals surface area contributed by atoms with Crippen LogP contribution in [-0.2, 0) is 11.2 Å². The number of hydrogen-bond donors (Lipinski definition) is 2. The lowest BCUT2D eigenvalue weighted by molar-refractivity contribution is -0.117. The van der Waals surface area contributed by atoms with E-state index in [-0.39, 0.29) is 11.5 Å². The smallest absolute Gasteiger partial charge is 0.335 e. The first-order chi connectivity index (χ1) is 21.3. The van der Waals surface area contributed by atoms with Crippen molar-refractivity contribution in [2.75, 3.05) is 18.5 Å². The zero-order valence-electron chi connectivity index (χ0n) is 24.0. The standard InChI is InChI=1S/C37H30ClNO5/c1-23-20-30(38)13-16-32(23)26-10-14-31(15-11-26)39-36(40)33(21-24-2-4-28(5-3-24)37(41)42)27-8-6-25(7-9-27)29-12-17-34-35(22-29)44-19-18-43-34/h2-17,20,22,33H,18-19,21H2,1H3,(H,39,40)(H,41,42)/t33-/m1/s1. The third-order valence-electron chi connectivity index (χ3n) is 7.80. The van der Waals surface area contributed by atoms with Crippen LogP contribution in [0.3, 0.4) is 0 Å². The maximum Gasteiger partial charge on any atom is 0.335 e. The minimum absolute atomic E-state index is 0.158. The minimum atomic E-state index is -0.988. The Labute approximate surface area is 260 Å². The van der Waals surface area contributed by atoms with E-state index in [4.69, 9.17) is 21.1 Å². The molecule has 0 fully saturated rings. The highest BCUT2D eigenvalue weighted by atomic mass is 35.5. The molecular weight excluding hydrogens is 574 g/mol. The molecular formula is C37H30ClNO5. The fourth-order valence-corrected chi connectivity index (χ4v) is 5.65. The van der Waals surface area contributed by atoms with Gasteiger partial charge in [-0.25, -0.2) is 4.79 Å². The van der Waals surface area contributed by atoms with Crippen LogP contribution >= 0.6 is 11.6 Å². The van der Waals surface area contributed by atoms with Crippen LogP contribution in [0.4, 0.5) is 5.69 Å². The molecule has 5 aromatic carbocycles. The molecule has 44 heavy (non-hydrogen) atoms. The molecule has 0 radical (unpaired) electrons. The lowest BCUT2D eigenvalue weighted by Crippen LogP contribution is -2.23. The Kier molecular flexibility index (Phi) is 8.35. The summed E-state index contributed by atoms with van der Waals surface area (Å²) < 4.78 is 11.4. The average molecular weight is 604 g/mol. The molecule has 1 aliphatic rings. The summed E-state index contributed by atoms with van der Waals surface area (Å²) in [6, 6.07) is 34.0. The second-order valence-corrected chi connectivity index (χ2v) is 11.2. The van der Waals surface area contributed by atoms with Crippen LogP contribution in [-0.4, -0.2) is 30.2 Å². The van der Waals surface area contributed by atoms with Gasteiger partial charge in [-0.3, -0.25) is 4.79 Å². The van der Waals surface area contributed by atoms with Gasteiger partial charge in [0, 0.05) is 10.7 Å². The number of benzene rings is 5. The highest BCUT2D eigenvalue weighted by molar-refractivity contribution is 6.30. The van der Waals surface area contributed by atoms with Crippen molar-refractivity contribution in [3.05, 3.63) is 136 Å². The van der Waals surface area contributed by atoms with Gasteiger partial charge in [-0.1, -0.05) is 72.3 Å². The van der Waals surface area contributed by atoms with Crippen LogP contribution in [0.5, 0.6) is 11.5 Å². The van der Waals surface area contributed by atoms with E-state index in [2.05, 4.69) is 5.32 Å². The molecule has 6 nitrogen and oxygen atoms in total. The van der Waals surface area contributed by atoms with Crippen molar-refractivity contribution >= 4 is 29.2 Å². The van der Waals surface area contributed by atoms with Crippen LogP contribution in [0.25, 0.3) is 22.3 Å². The number of rotatable bonds is 8. The van der Waals surface area contributed by atoms with Crippen molar-refractivity contribution in [2.45, 2.75) is 19.3 Å². The van der Waals surface area contributed by atoms with Gasteiger partial charge in [0.1, 0.15) is 13.2 Å². The third kappa shape index (κ3) is 6.46. The predicted octanol–water partition coefficient (Wildman–Crippen LogP) is 8.42. The van der Waals surface area contributed by atoms with Gasteiger partial charge in [0.25, 0.3) is 0 Å². The predicted molar refractivity (Wildman–Crippen MR) is 173 cm³/mol. The Morgan fingerprint density at radius 1 is 0.773 bits per heavy atom. The van der Waals surface area contributed by atoms with E-state index in [1.807, 2.05) is 91.9 Å². The molecule has 220 valence electrons. The number of aryl methyl sites for hydroxylation is 1. The minimum Gasteiger partial charge on any atom is -0.486 e. The molecule has 0 aromatic heterocycles. The number of halogens is 1. The summed E-state index contributed by atoms with van der Waals surface area (Å²) in [6.07, 6.45) is 0.400. The van der Waals surface area contributed by atoms with E-state index in [0.717, 1.165) is 50.4 Å². The van der Waals surface area contributed by atoms with Gasteiger partial charge >= 0.3 is 5.97 Å². The number of carbonyl (C=O) groups excluding carboxylic acids is 1. The fraction of sp³-hybridized carbons (Fsp3) is 0.135. The number of anilines is 1. The number of ether oxygens (including phenoxy) is 2. The number of carboxylic acid groups (broad SMARTS) is 1. The van der Waals surface area contributed by atoms with Gasteiger partial charge in [-0.05, 0) is 101 Å². The molecule has 0 bridgehead atoms. The lowest BCUT2D eigenvalue weighted by atomic mass is 9.89. The summed E-state index contributed by atoms with van der Waals surface area (Å²) in [4.78, 5) is 25.2. The SMILES string of the molecule is Cc1cc(Cl)ccc1-c1ccc(NC(=O)[C@H](Cc2ccc(C(=O)O)cc2)c2ccc(-c3ccc4c(c3)OCCO4)cc2)cc1. The number of amides is 1. The number of aromatic carboxylic acids is 1. The van der Waals surface area contributed by atoms with Gasteiger partial charge in [0.15, 0.2) is 11.5 Å².